The summed E-state index contributed by atoms with van der Waals surface area (Å²) in [6, 6.07) is 0. The van der Waals surface area contributed by atoms with Gasteiger partial charge >= 0.3 is 6.18 Å². The van der Waals surface area contributed by atoms with Crippen molar-refractivity contribution in [2.75, 3.05) is 6.54 Å². The van der Waals surface area contributed by atoms with Crippen molar-refractivity contribution in [2.24, 2.45) is 0 Å². The molecule has 0 saturated carbocycles. The Kier molecular flexibility index (Phi) is 4.15. The van der Waals surface area contributed by atoms with Crippen molar-refractivity contribution in [1.29, 1.82) is 0 Å². The lowest BCUT2D eigenvalue weighted by Gasteiger charge is -2.07. The molecule has 0 amide bonds. The van der Waals surface area contributed by atoms with Crippen LogP contribution in [0.15, 0.2) is 11.1 Å². The molecule has 0 unspecified atom stereocenters. The highest BCUT2D eigenvalue weighted by atomic mass is 32.2. The molecule has 0 saturated heterocycles. The van der Waals surface area contributed by atoms with Crippen molar-refractivity contribution in [1.82, 2.24) is 14.9 Å². The van der Waals surface area contributed by atoms with Crippen LogP contribution in [0, 0.1) is 6.92 Å². The third kappa shape index (κ3) is 4.35. The predicted octanol–water partition coefficient (Wildman–Crippen LogP) is 1.34. The number of hydrogen-bond donors (Lipinski definition) is 2. The molecule has 17 heavy (non-hydrogen) atoms. The summed E-state index contributed by atoms with van der Waals surface area (Å²) in [5, 5.41) is 5.97. The SMILES string of the molecule is Cc1[nH]ncc1S(=O)(=O)NCCCC(F)(F)F. The van der Waals surface area contributed by atoms with E-state index >= 15 is 0 Å². The number of hydrogen-bond acceptors (Lipinski definition) is 3. The normalized spacial score (nSPS) is 12.9. The second kappa shape index (κ2) is 5.05. The molecule has 0 bridgehead atoms. The van der Waals surface area contributed by atoms with Gasteiger partial charge in [-0.05, 0) is 13.3 Å². The maximum atomic E-state index is 11.8. The monoisotopic (exact) mass is 271 g/mol. The van der Waals surface area contributed by atoms with Crippen LogP contribution < -0.4 is 4.72 Å². The molecule has 1 heterocycles. The Bertz CT molecular complexity index is 467. The molecule has 0 radical (unpaired) electrons. The number of nitrogens with one attached hydrogen (secondary N) is 2. The van der Waals surface area contributed by atoms with E-state index in [1.165, 1.54) is 6.92 Å². The number of alkyl halides is 3. The van der Waals surface area contributed by atoms with Gasteiger partial charge in [0.05, 0.1) is 11.9 Å². The van der Waals surface area contributed by atoms with Gasteiger partial charge in [0.25, 0.3) is 0 Å². The third-order valence-corrected chi connectivity index (χ3v) is 3.58. The highest BCUT2D eigenvalue weighted by Crippen LogP contribution is 2.21. The van der Waals surface area contributed by atoms with Gasteiger partial charge in [-0.15, -0.1) is 0 Å². The van der Waals surface area contributed by atoms with Crippen molar-refractivity contribution in [2.45, 2.75) is 30.8 Å². The molecular weight excluding hydrogens is 259 g/mol. The second-order valence-corrected chi connectivity index (χ2v) is 5.21. The van der Waals surface area contributed by atoms with Crippen LogP contribution in [0.25, 0.3) is 0 Å². The molecule has 1 aromatic rings. The van der Waals surface area contributed by atoms with Crippen molar-refractivity contribution < 1.29 is 21.6 Å². The fraction of sp³-hybridized carbons (Fsp3) is 0.625. The summed E-state index contributed by atoms with van der Waals surface area (Å²) in [5.74, 6) is 0. The Morgan fingerprint density at radius 3 is 2.59 bits per heavy atom. The molecular formula is C8H12F3N3O2S. The van der Waals surface area contributed by atoms with Crippen LogP contribution in [0.2, 0.25) is 0 Å². The van der Waals surface area contributed by atoms with Gasteiger partial charge in [-0.1, -0.05) is 0 Å². The summed E-state index contributed by atoms with van der Waals surface area (Å²) in [6.07, 6.45) is -4.46. The Balaban J connectivity index is 2.50. The standard InChI is InChI=1S/C8H12F3N3O2S/c1-6-7(5-12-14-6)17(15,16)13-4-2-3-8(9,10)11/h5,13H,2-4H2,1H3,(H,12,14). The number of halogens is 3. The summed E-state index contributed by atoms with van der Waals surface area (Å²) in [7, 11) is -3.78. The van der Waals surface area contributed by atoms with Crippen LogP contribution in [-0.2, 0) is 10.0 Å². The lowest BCUT2D eigenvalue weighted by molar-refractivity contribution is -0.135. The fourth-order valence-electron chi connectivity index (χ4n) is 1.18. The number of aryl methyl sites for hydroxylation is 1. The van der Waals surface area contributed by atoms with Crippen LogP contribution in [0.3, 0.4) is 0 Å². The molecule has 0 aliphatic carbocycles. The highest BCUT2D eigenvalue weighted by molar-refractivity contribution is 7.89. The summed E-state index contributed by atoms with van der Waals surface area (Å²) in [4.78, 5) is -0.0514. The third-order valence-electron chi connectivity index (χ3n) is 2.00. The van der Waals surface area contributed by atoms with Gasteiger partial charge in [-0.25, -0.2) is 13.1 Å². The Morgan fingerprint density at radius 2 is 2.12 bits per heavy atom. The van der Waals surface area contributed by atoms with Crippen LogP contribution in [0.4, 0.5) is 13.2 Å². The highest BCUT2D eigenvalue weighted by Gasteiger charge is 2.26. The van der Waals surface area contributed by atoms with Gasteiger partial charge in [0, 0.05) is 13.0 Å². The fourth-order valence-corrected chi connectivity index (χ4v) is 2.39. The van der Waals surface area contributed by atoms with E-state index in [0.717, 1.165) is 6.20 Å². The van der Waals surface area contributed by atoms with Crippen LogP contribution in [-0.4, -0.2) is 31.3 Å². The zero-order valence-corrected chi connectivity index (χ0v) is 9.82. The minimum Gasteiger partial charge on any atom is -0.281 e. The molecule has 0 spiro atoms. The van der Waals surface area contributed by atoms with Crippen molar-refractivity contribution in [3.63, 3.8) is 0 Å². The maximum Gasteiger partial charge on any atom is 0.389 e. The maximum absolute atomic E-state index is 11.8. The Labute approximate surface area is 96.5 Å². The molecule has 1 aromatic heterocycles. The molecule has 9 heteroatoms. The molecule has 0 aliphatic heterocycles. The first-order chi connectivity index (χ1) is 7.72. The topological polar surface area (TPSA) is 74.8 Å². The van der Waals surface area contributed by atoms with E-state index in [-0.39, 0.29) is 17.9 Å². The Morgan fingerprint density at radius 1 is 1.47 bits per heavy atom. The molecule has 98 valence electrons. The quantitative estimate of drug-likeness (QED) is 0.793. The van der Waals surface area contributed by atoms with Crippen molar-refractivity contribution in [3.8, 4) is 0 Å². The molecule has 5 nitrogen and oxygen atoms in total. The van der Waals surface area contributed by atoms with Gasteiger partial charge in [-0.3, -0.25) is 5.10 Å². The first kappa shape index (κ1) is 14.0. The van der Waals surface area contributed by atoms with Crippen molar-refractivity contribution >= 4 is 10.0 Å². The largest absolute Gasteiger partial charge is 0.389 e. The van der Waals surface area contributed by atoms with Crippen LogP contribution in [0.1, 0.15) is 18.5 Å². The number of sulfonamides is 1. The average molecular weight is 271 g/mol. The molecule has 0 atom stereocenters. The molecule has 0 aliphatic rings. The Hall–Kier alpha value is -1.09. The number of aromatic amines is 1. The zero-order chi connectivity index (χ0) is 13.1. The molecule has 1 rings (SSSR count). The van der Waals surface area contributed by atoms with E-state index in [9.17, 15) is 21.6 Å². The van der Waals surface area contributed by atoms with E-state index in [1.807, 2.05) is 0 Å². The number of aromatic nitrogens is 2. The van der Waals surface area contributed by atoms with Crippen LogP contribution in [0.5, 0.6) is 0 Å². The van der Waals surface area contributed by atoms with Gasteiger partial charge < -0.3 is 0 Å². The summed E-state index contributed by atoms with van der Waals surface area (Å²) >= 11 is 0. The summed E-state index contributed by atoms with van der Waals surface area (Å²) < 4.78 is 60.7. The van der Waals surface area contributed by atoms with Gasteiger partial charge in [-0.2, -0.15) is 18.3 Å². The lowest BCUT2D eigenvalue weighted by Crippen LogP contribution is -2.26. The number of nitrogens with zero attached hydrogens (tertiary/aromatic N) is 1. The molecule has 2 N–H and O–H groups in total. The molecule has 0 aromatic carbocycles. The van der Waals surface area contributed by atoms with Gasteiger partial charge in [0.15, 0.2) is 0 Å². The van der Waals surface area contributed by atoms with E-state index in [1.54, 1.807) is 0 Å². The minimum absolute atomic E-state index is 0.0514. The number of H-pyrrole nitrogens is 1. The predicted molar refractivity (Wildman–Crippen MR) is 53.8 cm³/mol. The van der Waals surface area contributed by atoms with E-state index in [4.69, 9.17) is 0 Å². The second-order valence-electron chi connectivity index (χ2n) is 3.48. The summed E-state index contributed by atoms with van der Waals surface area (Å²) in [6.45, 7) is 1.25. The van der Waals surface area contributed by atoms with E-state index in [0.29, 0.717) is 5.69 Å². The van der Waals surface area contributed by atoms with E-state index in [2.05, 4.69) is 14.9 Å². The molecule has 0 fully saturated rings. The first-order valence-corrected chi connectivity index (χ1v) is 6.27. The minimum atomic E-state index is -4.27. The van der Waals surface area contributed by atoms with Crippen molar-refractivity contribution in [3.05, 3.63) is 11.9 Å². The summed E-state index contributed by atoms with van der Waals surface area (Å²) in [5.41, 5.74) is 0.341. The average Bonchev–Trinajstić information content (AvgIpc) is 2.58. The first-order valence-electron chi connectivity index (χ1n) is 4.79. The van der Waals surface area contributed by atoms with Gasteiger partial charge in [0.1, 0.15) is 4.90 Å². The van der Waals surface area contributed by atoms with Gasteiger partial charge in [0.2, 0.25) is 10.0 Å². The van der Waals surface area contributed by atoms with Crippen LogP contribution >= 0.6 is 0 Å². The lowest BCUT2D eigenvalue weighted by atomic mass is 10.3. The van der Waals surface area contributed by atoms with E-state index < -0.39 is 22.6 Å². The smallest absolute Gasteiger partial charge is 0.281 e. The zero-order valence-electron chi connectivity index (χ0n) is 9.00. The number of rotatable bonds is 5.